The number of fused-ring (bicyclic) bond motifs is 10. The van der Waals surface area contributed by atoms with Crippen LogP contribution in [0.4, 0.5) is 0 Å². The first-order chi connectivity index (χ1) is 30.7. The van der Waals surface area contributed by atoms with Crippen LogP contribution < -0.4 is 0 Å². The Hall–Kier alpha value is -8.41. The van der Waals surface area contributed by atoms with Gasteiger partial charge in [-0.2, -0.15) is 0 Å². The summed E-state index contributed by atoms with van der Waals surface area (Å²) in [5.41, 5.74) is 9.60. The number of nitrogens with zero attached hydrogens (tertiary/aromatic N) is 4. The first-order valence-electron chi connectivity index (χ1n) is 20.9. The summed E-state index contributed by atoms with van der Waals surface area (Å²) in [5.74, 6) is 1.71. The zero-order valence-electron chi connectivity index (χ0n) is 33.3. The average molecular weight is 791 g/mol. The van der Waals surface area contributed by atoms with Gasteiger partial charge in [0.05, 0.1) is 16.6 Å². The molecule has 3 aromatic heterocycles. The van der Waals surface area contributed by atoms with E-state index in [1.165, 1.54) is 26.9 Å². The van der Waals surface area contributed by atoms with Crippen molar-refractivity contribution in [2.75, 3.05) is 0 Å². The Balaban J connectivity index is 1.13. The third-order valence-corrected chi connectivity index (χ3v) is 12.4. The summed E-state index contributed by atoms with van der Waals surface area (Å²) in [5, 5.41) is 11.3. The number of para-hydroxylation sites is 2. The van der Waals surface area contributed by atoms with E-state index in [1.807, 2.05) is 18.2 Å². The van der Waals surface area contributed by atoms with Crippen LogP contribution in [0.2, 0.25) is 0 Å². The monoisotopic (exact) mass is 790 g/mol. The van der Waals surface area contributed by atoms with E-state index in [9.17, 15) is 0 Å². The van der Waals surface area contributed by atoms with E-state index in [0.717, 1.165) is 82.6 Å². The molecule has 0 aliphatic carbocycles. The van der Waals surface area contributed by atoms with Crippen molar-refractivity contribution in [3.63, 3.8) is 0 Å². The molecule has 13 rings (SSSR count). The van der Waals surface area contributed by atoms with Crippen molar-refractivity contribution in [2.24, 2.45) is 0 Å². The summed E-state index contributed by atoms with van der Waals surface area (Å²) in [7, 11) is 0. The maximum atomic E-state index is 6.83. The molecular weight excluding hydrogens is 757 g/mol. The fourth-order valence-corrected chi connectivity index (χ4v) is 9.49. The molecule has 0 aliphatic heterocycles. The lowest BCUT2D eigenvalue weighted by molar-refractivity contribution is 0.669. The predicted molar refractivity (Wildman–Crippen MR) is 256 cm³/mol. The predicted octanol–water partition coefficient (Wildman–Crippen LogP) is 15.0. The molecule has 5 heteroatoms. The largest absolute Gasteiger partial charge is 0.455 e. The molecule has 0 N–H and O–H groups in total. The molecule has 0 saturated heterocycles. The summed E-state index contributed by atoms with van der Waals surface area (Å²) in [4.78, 5) is 16.2. The lowest BCUT2D eigenvalue weighted by Gasteiger charge is -2.14. The van der Waals surface area contributed by atoms with Crippen molar-refractivity contribution in [3.8, 4) is 51.0 Å². The van der Waals surface area contributed by atoms with E-state index in [-0.39, 0.29) is 0 Å². The van der Waals surface area contributed by atoms with Gasteiger partial charge in [0.2, 0.25) is 0 Å². The lowest BCUT2D eigenvalue weighted by Crippen LogP contribution is -2.02. The molecule has 13 aromatic rings. The average Bonchev–Trinajstić information content (AvgIpc) is 3.88. The summed E-state index contributed by atoms with van der Waals surface area (Å²) in [6, 6.07) is 72.8. The molecule has 0 radical (unpaired) electrons. The molecule has 0 atom stereocenters. The molecule has 62 heavy (non-hydrogen) atoms. The van der Waals surface area contributed by atoms with Crippen molar-refractivity contribution in [1.82, 2.24) is 19.5 Å². The highest BCUT2D eigenvalue weighted by Gasteiger charge is 2.23. The molecule has 0 saturated carbocycles. The van der Waals surface area contributed by atoms with Gasteiger partial charge >= 0.3 is 0 Å². The summed E-state index contributed by atoms with van der Waals surface area (Å²) in [6.45, 7) is 0. The first-order valence-corrected chi connectivity index (χ1v) is 20.9. The van der Waals surface area contributed by atoms with Crippen LogP contribution in [-0.2, 0) is 0 Å². The van der Waals surface area contributed by atoms with Gasteiger partial charge in [-0.25, -0.2) is 15.0 Å². The van der Waals surface area contributed by atoms with E-state index >= 15 is 0 Å². The van der Waals surface area contributed by atoms with Crippen molar-refractivity contribution >= 4 is 76.1 Å². The molecule has 0 bridgehead atoms. The second-order valence-electron chi connectivity index (χ2n) is 16.0. The van der Waals surface area contributed by atoms with Crippen LogP contribution >= 0.6 is 0 Å². The summed E-state index contributed by atoms with van der Waals surface area (Å²) >= 11 is 0. The molecule has 0 fully saturated rings. The number of furan rings is 1. The van der Waals surface area contributed by atoms with E-state index < -0.39 is 0 Å². The van der Waals surface area contributed by atoms with E-state index in [1.54, 1.807) is 0 Å². The maximum absolute atomic E-state index is 6.83. The Morgan fingerprint density at radius 2 is 0.935 bits per heavy atom. The molecule has 0 amide bonds. The standard InChI is InChI=1S/C57H34N4O/c1-2-15-35(16-3-1)36-20-14-21-40(29-36)55-58-56(49-31-39-19-6-7-22-42(39)43-23-8-9-24-44(43)49)60-57(59-55)50-34-41(33-48-46-26-11-13-28-53(46)62-54(48)50)61-51-27-12-10-25-45(51)47-30-37-17-4-5-18-38(37)32-52(47)61/h1-34H. The topological polar surface area (TPSA) is 56.7 Å². The van der Waals surface area contributed by atoms with Crippen molar-refractivity contribution in [3.05, 3.63) is 206 Å². The first kappa shape index (κ1) is 34.5. The maximum Gasteiger partial charge on any atom is 0.167 e. The van der Waals surface area contributed by atoms with Crippen LogP contribution in [0.1, 0.15) is 0 Å². The summed E-state index contributed by atoms with van der Waals surface area (Å²) in [6.07, 6.45) is 0. The second-order valence-corrected chi connectivity index (χ2v) is 16.0. The van der Waals surface area contributed by atoms with Gasteiger partial charge in [-0.1, -0.05) is 158 Å². The molecule has 288 valence electrons. The molecule has 0 spiro atoms. The highest BCUT2D eigenvalue weighted by atomic mass is 16.3. The lowest BCUT2D eigenvalue weighted by atomic mass is 9.96. The van der Waals surface area contributed by atoms with Gasteiger partial charge in [0, 0.05) is 38.4 Å². The van der Waals surface area contributed by atoms with Crippen LogP contribution in [0.5, 0.6) is 0 Å². The highest BCUT2D eigenvalue weighted by molar-refractivity contribution is 6.16. The Bertz CT molecular complexity index is 3940. The Morgan fingerprint density at radius 1 is 0.323 bits per heavy atom. The molecule has 0 unspecified atom stereocenters. The van der Waals surface area contributed by atoms with Crippen molar-refractivity contribution in [1.29, 1.82) is 0 Å². The van der Waals surface area contributed by atoms with Gasteiger partial charge in [0.15, 0.2) is 17.5 Å². The molecule has 10 aromatic carbocycles. The van der Waals surface area contributed by atoms with E-state index in [4.69, 9.17) is 19.4 Å². The highest BCUT2D eigenvalue weighted by Crippen LogP contribution is 2.42. The summed E-state index contributed by atoms with van der Waals surface area (Å²) < 4.78 is 9.21. The minimum absolute atomic E-state index is 0.532. The van der Waals surface area contributed by atoms with Crippen molar-refractivity contribution in [2.45, 2.75) is 0 Å². The normalized spacial score (nSPS) is 11.9. The van der Waals surface area contributed by atoms with Gasteiger partial charge in [-0.15, -0.1) is 0 Å². The minimum Gasteiger partial charge on any atom is -0.455 e. The Labute approximate surface area is 355 Å². The quantitative estimate of drug-likeness (QED) is 0.163. The molecule has 5 nitrogen and oxygen atoms in total. The van der Waals surface area contributed by atoms with Crippen LogP contribution in [-0.4, -0.2) is 19.5 Å². The van der Waals surface area contributed by atoms with Gasteiger partial charge in [0.25, 0.3) is 0 Å². The van der Waals surface area contributed by atoms with E-state index in [0.29, 0.717) is 17.5 Å². The number of aromatic nitrogens is 4. The number of hydrogen-bond acceptors (Lipinski definition) is 4. The zero-order valence-corrected chi connectivity index (χ0v) is 33.3. The zero-order chi connectivity index (χ0) is 40.7. The number of rotatable bonds is 5. The van der Waals surface area contributed by atoms with Crippen LogP contribution in [0.3, 0.4) is 0 Å². The molecule has 0 aliphatic rings. The van der Waals surface area contributed by atoms with Gasteiger partial charge < -0.3 is 8.98 Å². The third-order valence-electron chi connectivity index (χ3n) is 12.4. The van der Waals surface area contributed by atoms with Crippen LogP contribution in [0.25, 0.3) is 127 Å². The number of benzene rings is 10. The van der Waals surface area contributed by atoms with Crippen LogP contribution in [0, 0.1) is 0 Å². The smallest absolute Gasteiger partial charge is 0.167 e. The second kappa shape index (κ2) is 13.6. The van der Waals surface area contributed by atoms with E-state index in [2.05, 4.69) is 193 Å². The Kier molecular flexibility index (Phi) is 7.54. The van der Waals surface area contributed by atoms with Gasteiger partial charge in [-0.05, 0) is 92.0 Å². The van der Waals surface area contributed by atoms with Gasteiger partial charge in [0.1, 0.15) is 11.2 Å². The Morgan fingerprint density at radius 3 is 1.77 bits per heavy atom. The van der Waals surface area contributed by atoms with Crippen LogP contribution in [0.15, 0.2) is 211 Å². The molecular formula is C57H34N4O. The van der Waals surface area contributed by atoms with Gasteiger partial charge in [-0.3, -0.25) is 0 Å². The SMILES string of the molecule is c1ccc(-c2cccc(-c3nc(-c4cc5ccccc5c5ccccc45)nc(-c4cc(-n5c6ccccc6c6cc7ccccc7cc65)cc5c4oc4ccccc45)n3)c2)cc1. The number of hydrogen-bond donors (Lipinski definition) is 0. The minimum atomic E-state index is 0.532. The third kappa shape index (κ3) is 5.38. The fourth-order valence-electron chi connectivity index (χ4n) is 9.49. The van der Waals surface area contributed by atoms with Crippen molar-refractivity contribution < 1.29 is 4.42 Å². The molecule has 3 heterocycles. The fraction of sp³-hybridized carbons (Fsp3) is 0.